The molecule has 0 saturated heterocycles. The Kier molecular flexibility index (Phi) is 4.64. The van der Waals surface area contributed by atoms with Gasteiger partial charge in [-0.1, -0.05) is 6.07 Å². The van der Waals surface area contributed by atoms with Crippen LogP contribution >= 0.6 is 0 Å². The number of nitrogens with zero attached hydrogens (tertiary/aromatic N) is 1. The first kappa shape index (κ1) is 15.1. The normalized spacial score (nSPS) is 13.5. The molecular formula is C14H15FN2O4. The van der Waals surface area contributed by atoms with E-state index in [1.165, 1.54) is 12.1 Å². The number of imide groups is 1. The van der Waals surface area contributed by atoms with Gasteiger partial charge in [-0.15, -0.1) is 0 Å². The zero-order valence-electron chi connectivity index (χ0n) is 11.5. The summed E-state index contributed by atoms with van der Waals surface area (Å²) in [7, 11) is 1.55. The van der Waals surface area contributed by atoms with Crippen molar-refractivity contribution in [2.45, 2.75) is 6.42 Å². The molecule has 112 valence electrons. The quantitative estimate of drug-likeness (QED) is 0.615. The van der Waals surface area contributed by atoms with Crippen LogP contribution in [0.15, 0.2) is 18.2 Å². The summed E-state index contributed by atoms with van der Waals surface area (Å²) in [5, 5.41) is 2.57. The van der Waals surface area contributed by atoms with Gasteiger partial charge < -0.3 is 10.1 Å². The van der Waals surface area contributed by atoms with Gasteiger partial charge in [0.1, 0.15) is 12.4 Å². The number of halogens is 1. The Hall–Kier alpha value is -2.28. The lowest BCUT2D eigenvalue weighted by molar-refractivity contribution is -0.121. The molecule has 0 aliphatic carbocycles. The van der Waals surface area contributed by atoms with Crippen LogP contribution in [0.25, 0.3) is 0 Å². The molecule has 3 amide bonds. The van der Waals surface area contributed by atoms with Crippen LogP contribution in [0.3, 0.4) is 0 Å². The molecule has 7 heteroatoms. The Bertz CT molecular complexity index is 588. The second-order valence-electron chi connectivity index (χ2n) is 4.56. The number of benzene rings is 1. The molecule has 0 saturated carbocycles. The van der Waals surface area contributed by atoms with E-state index in [1.807, 2.05) is 0 Å². The van der Waals surface area contributed by atoms with Crippen molar-refractivity contribution in [3.63, 3.8) is 0 Å². The summed E-state index contributed by atoms with van der Waals surface area (Å²) in [5.74, 6) is -2.66. The zero-order valence-corrected chi connectivity index (χ0v) is 11.5. The van der Waals surface area contributed by atoms with E-state index < -0.39 is 30.1 Å². The van der Waals surface area contributed by atoms with Gasteiger partial charge in [-0.25, -0.2) is 4.39 Å². The lowest BCUT2D eigenvalue weighted by Gasteiger charge is -2.13. The minimum atomic E-state index is -0.778. The minimum Gasteiger partial charge on any atom is -0.385 e. The molecular weight excluding hydrogens is 279 g/mol. The van der Waals surface area contributed by atoms with Crippen molar-refractivity contribution < 1.29 is 23.5 Å². The molecule has 0 spiro atoms. The molecule has 0 aromatic heterocycles. The van der Waals surface area contributed by atoms with E-state index in [0.717, 1.165) is 11.0 Å². The first-order valence-corrected chi connectivity index (χ1v) is 6.46. The zero-order chi connectivity index (χ0) is 15.4. The third-order valence-corrected chi connectivity index (χ3v) is 3.10. The second-order valence-corrected chi connectivity index (χ2v) is 4.56. The Labute approximate surface area is 120 Å². The van der Waals surface area contributed by atoms with Gasteiger partial charge >= 0.3 is 0 Å². The van der Waals surface area contributed by atoms with Crippen LogP contribution < -0.4 is 5.32 Å². The van der Waals surface area contributed by atoms with Crippen molar-refractivity contribution in [1.29, 1.82) is 0 Å². The Morgan fingerprint density at radius 2 is 2.10 bits per heavy atom. The van der Waals surface area contributed by atoms with Crippen LogP contribution in [0.2, 0.25) is 0 Å². The summed E-state index contributed by atoms with van der Waals surface area (Å²) in [6.45, 7) is 0.460. The Morgan fingerprint density at radius 3 is 2.76 bits per heavy atom. The Balaban J connectivity index is 2.00. The van der Waals surface area contributed by atoms with Gasteiger partial charge in [0, 0.05) is 20.3 Å². The van der Waals surface area contributed by atoms with Crippen LogP contribution in [0.5, 0.6) is 0 Å². The highest BCUT2D eigenvalue weighted by Gasteiger charge is 2.38. The fourth-order valence-corrected chi connectivity index (χ4v) is 2.08. The van der Waals surface area contributed by atoms with Gasteiger partial charge in [0.15, 0.2) is 0 Å². The number of methoxy groups -OCH3 is 1. The number of carbonyl (C=O) groups excluding carboxylic acids is 3. The summed E-state index contributed by atoms with van der Waals surface area (Å²) in [5.41, 5.74) is -0.276. The lowest BCUT2D eigenvalue weighted by Crippen LogP contribution is -2.40. The second kappa shape index (κ2) is 6.45. The molecule has 2 rings (SSSR count). The van der Waals surface area contributed by atoms with Crippen molar-refractivity contribution in [2.24, 2.45) is 0 Å². The first-order valence-electron chi connectivity index (χ1n) is 6.46. The number of ether oxygens (including phenoxy) is 1. The van der Waals surface area contributed by atoms with Crippen LogP contribution in [0.1, 0.15) is 27.1 Å². The predicted molar refractivity (Wildman–Crippen MR) is 71.3 cm³/mol. The molecule has 21 heavy (non-hydrogen) atoms. The van der Waals surface area contributed by atoms with Crippen molar-refractivity contribution in [3.8, 4) is 0 Å². The molecule has 1 heterocycles. The van der Waals surface area contributed by atoms with E-state index in [1.54, 1.807) is 7.11 Å². The average molecular weight is 294 g/mol. The average Bonchev–Trinajstić information content (AvgIpc) is 2.70. The van der Waals surface area contributed by atoms with E-state index in [-0.39, 0.29) is 11.1 Å². The highest BCUT2D eigenvalue weighted by Crippen LogP contribution is 2.24. The topological polar surface area (TPSA) is 75.7 Å². The number of rotatable bonds is 6. The maximum Gasteiger partial charge on any atom is 0.265 e. The number of hydrogen-bond donors (Lipinski definition) is 1. The van der Waals surface area contributed by atoms with Crippen molar-refractivity contribution in [1.82, 2.24) is 10.2 Å². The Morgan fingerprint density at radius 1 is 1.33 bits per heavy atom. The lowest BCUT2D eigenvalue weighted by atomic mass is 10.1. The van der Waals surface area contributed by atoms with Crippen molar-refractivity contribution in [2.75, 3.05) is 26.8 Å². The number of hydrogen-bond acceptors (Lipinski definition) is 4. The molecule has 1 aliphatic rings. The maximum atomic E-state index is 13.6. The van der Waals surface area contributed by atoms with E-state index >= 15 is 0 Å². The molecule has 1 N–H and O–H groups in total. The maximum absolute atomic E-state index is 13.6. The van der Waals surface area contributed by atoms with E-state index in [0.29, 0.717) is 19.6 Å². The molecule has 0 radical (unpaired) electrons. The highest BCUT2D eigenvalue weighted by molar-refractivity contribution is 6.22. The molecule has 1 aromatic rings. The number of nitrogens with one attached hydrogen (secondary N) is 1. The third kappa shape index (κ3) is 3.08. The smallest absolute Gasteiger partial charge is 0.265 e. The van der Waals surface area contributed by atoms with Gasteiger partial charge in [0.05, 0.1) is 11.1 Å². The van der Waals surface area contributed by atoms with Crippen molar-refractivity contribution >= 4 is 17.7 Å². The summed E-state index contributed by atoms with van der Waals surface area (Å²) >= 11 is 0. The monoisotopic (exact) mass is 294 g/mol. The minimum absolute atomic E-state index is 0.00724. The number of amides is 3. The fourth-order valence-electron chi connectivity index (χ4n) is 2.08. The van der Waals surface area contributed by atoms with Gasteiger partial charge in [-0.2, -0.15) is 0 Å². The fraction of sp³-hybridized carbons (Fsp3) is 0.357. The van der Waals surface area contributed by atoms with Gasteiger partial charge in [-0.3, -0.25) is 19.3 Å². The van der Waals surface area contributed by atoms with Gasteiger partial charge in [0.25, 0.3) is 11.8 Å². The number of fused-ring (bicyclic) bond motifs is 1. The first-order chi connectivity index (χ1) is 10.1. The summed E-state index contributed by atoms with van der Waals surface area (Å²) in [4.78, 5) is 36.5. The summed E-state index contributed by atoms with van der Waals surface area (Å²) in [6, 6.07) is 3.83. The molecule has 0 unspecified atom stereocenters. The standard InChI is InChI=1S/C14H15FN2O4/c1-21-7-3-6-16-11(18)8-17-13(19)9-4-2-5-10(15)12(9)14(17)20/h2,4-5H,3,6-8H2,1H3,(H,16,18). The molecule has 0 fully saturated rings. The molecule has 6 nitrogen and oxygen atoms in total. The van der Waals surface area contributed by atoms with Crippen LogP contribution in [-0.4, -0.2) is 49.4 Å². The summed E-state index contributed by atoms with van der Waals surface area (Å²) < 4.78 is 18.4. The van der Waals surface area contributed by atoms with Crippen LogP contribution in [0.4, 0.5) is 4.39 Å². The van der Waals surface area contributed by atoms with E-state index in [9.17, 15) is 18.8 Å². The molecule has 1 aliphatic heterocycles. The van der Waals surface area contributed by atoms with E-state index in [4.69, 9.17) is 4.74 Å². The van der Waals surface area contributed by atoms with E-state index in [2.05, 4.69) is 5.32 Å². The molecule has 0 atom stereocenters. The third-order valence-electron chi connectivity index (χ3n) is 3.10. The van der Waals surface area contributed by atoms with Gasteiger partial charge in [0.2, 0.25) is 5.91 Å². The largest absolute Gasteiger partial charge is 0.385 e. The van der Waals surface area contributed by atoms with Gasteiger partial charge in [-0.05, 0) is 18.6 Å². The van der Waals surface area contributed by atoms with Crippen molar-refractivity contribution in [3.05, 3.63) is 35.1 Å². The van der Waals surface area contributed by atoms with Crippen LogP contribution in [0, 0.1) is 5.82 Å². The predicted octanol–water partition coefficient (Wildman–Crippen LogP) is 0.574. The number of carbonyl (C=O) groups is 3. The highest BCUT2D eigenvalue weighted by atomic mass is 19.1. The van der Waals surface area contributed by atoms with Crippen LogP contribution in [-0.2, 0) is 9.53 Å². The molecule has 0 bridgehead atoms. The summed E-state index contributed by atoms with van der Waals surface area (Å²) in [6.07, 6.45) is 0.624. The molecule has 1 aromatic carbocycles. The SMILES string of the molecule is COCCCNC(=O)CN1C(=O)c2cccc(F)c2C1=O.